The van der Waals surface area contributed by atoms with Gasteiger partial charge in [0.15, 0.2) is 0 Å². The zero-order chi connectivity index (χ0) is 15.6. The second-order valence-electron chi connectivity index (χ2n) is 4.19. The van der Waals surface area contributed by atoms with Crippen LogP contribution in [0.5, 0.6) is 0 Å². The average molecular weight is 362 g/mol. The standard InChI is InChI=1S/C15H8Cl4O2/c16-10-4-8(1-2-15(20)21)3-9(5-10)11-6-13(18)14(19)7-12(11)17/h1-7H,(H,20,21)/b2-1+. The molecule has 2 nitrogen and oxygen atoms in total. The van der Waals surface area contributed by atoms with E-state index in [0.717, 1.165) is 11.6 Å². The van der Waals surface area contributed by atoms with Crippen LogP contribution in [0.1, 0.15) is 5.56 Å². The molecule has 0 saturated heterocycles. The Kier molecular flexibility index (Phi) is 5.17. The van der Waals surface area contributed by atoms with Crippen molar-refractivity contribution in [1.82, 2.24) is 0 Å². The molecule has 2 aromatic carbocycles. The first-order chi connectivity index (χ1) is 9.86. The normalized spacial score (nSPS) is 11.0. The fourth-order valence-electron chi connectivity index (χ4n) is 1.78. The first-order valence-corrected chi connectivity index (χ1v) is 7.24. The average Bonchev–Trinajstić information content (AvgIpc) is 2.40. The third-order valence-corrected chi connectivity index (χ3v) is 3.91. The van der Waals surface area contributed by atoms with Crippen LogP contribution in [0.4, 0.5) is 0 Å². The molecule has 0 aliphatic heterocycles. The van der Waals surface area contributed by atoms with Crippen molar-refractivity contribution in [2.24, 2.45) is 0 Å². The molecule has 1 N–H and O–H groups in total. The molecule has 0 atom stereocenters. The van der Waals surface area contributed by atoms with E-state index in [2.05, 4.69) is 0 Å². The Morgan fingerprint density at radius 1 is 0.905 bits per heavy atom. The lowest BCUT2D eigenvalue weighted by Crippen LogP contribution is -1.87. The SMILES string of the molecule is O=C(O)/C=C/c1cc(Cl)cc(-c2cc(Cl)c(Cl)cc2Cl)c1. The molecule has 0 aliphatic carbocycles. The van der Waals surface area contributed by atoms with E-state index in [9.17, 15) is 4.79 Å². The number of hydrogen-bond donors (Lipinski definition) is 1. The molecule has 0 bridgehead atoms. The molecule has 0 saturated carbocycles. The van der Waals surface area contributed by atoms with Gasteiger partial charge in [-0.3, -0.25) is 0 Å². The Morgan fingerprint density at radius 3 is 2.24 bits per heavy atom. The quantitative estimate of drug-likeness (QED) is 0.532. The highest BCUT2D eigenvalue weighted by molar-refractivity contribution is 6.44. The summed E-state index contributed by atoms with van der Waals surface area (Å²) in [6, 6.07) is 8.31. The molecular formula is C15H8Cl4O2. The zero-order valence-corrected chi connectivity index (χ0v) is 13.4. The maximum absolute atomic E-state index is 10.6. The lowest BCUT2D eigenvalue weighted by Gasteiger charge is -2.08. The summed E-state index contributed by atoms with van der Waals surface area (Å²) < 4.78 is 0. The third kappa shape index (κ3) is 4.14. The zero-order valence-electron chi connectivity index (χ0n) is 10.4. The first-order valence-electron chi connectivity index (χ1n) is 5.73. The maximum atomic E-state index is 10.6. The Morgan fingerprint density at radius 2 is 1.57 bits per heavy atom. The second kappa shape index (κ2) is 6.71. The molecule has 108 valence electrons. The summed E-state index contributed by atoms with van der Waals surface area (Å²) in [5, 5.41) is 10.3. The number of halogens is 4. The highest BCUT2D eigenvalue weighted by Crippen LogP contribution is 2.36. The van der Waals surface area contributed by atoms with Crippen molar-refractivity contribution >= 4 is 58.4 Å². The number of aliphatic carboxylic acids is 1. The smallest absolute Gasteiger partial charge is 0.328 e. The van der Waals surface area contributed by atoms with Gasteiger partial charge in [-0.2, -0.15) is 0 Å². The van der Waals surface area contributed by atoms with Crippen molar-refractivity contribution in [2.75, 3.05) is 0 Å². The molecule has 0 radical (unpaired) electrons. The van der Waals surface area contributed by atoms with E-state index in [0.29, 0.717) is 31.2 Å². The van der Waals surface area contributed by atoms with Gasteiger partial charge in [0, 0.05) is 21.7 Å². The van der Waals surface area contributed by atoms with Crippen LogP contribution in [0.15, 0.2) is 36.4 Å². The summed E-state index contributed by atoms with van der Waals surface area (Å²) in [6.07, 6.45) is 2.48. The summed E-state index contributed by atoms with van der Waals surface area (Å²) >= 11 is 24.1. The van der Waals surface area contributed by atoms with Crippen LogP contribution < -0.4 is 0 Å². The minimum Gasteiger partial charge on any atom is -0.478 e. The molecular weight excluding hydrogens is 354 g/mol. The minimum absolute atomic E-state index is 0.360. The van der Waals surface area contributed by atoms with Crippen LogP contribution in [0.25, 0.3) is 17.2 Å². The van der Waals surface area contributed by atoms with Gasteiger partial charge in [0.2, 0.25) is 0 Å². The van der Waals surface area contributed by atoms with Gasteiger partial charge in [-0.25, -0.2) is 4.79 Å². The summed E-state index contributed by atoms with van der Waals surface area (Å²) in [5.74, 6) is -1.04. The van der Waals surface area contributed by atoms with Crippen molar-refractivity contribution in [3.8, 4) is 11.1 Å². The van der Waals surface area contributed by atoms with Gasteiger partial charge in [-0.1, -0.05) is 46.4 Å². The highest BCUT2D eigenvalue weighted by Gasteiger charge is 2.09. The molecule has 6 heteroatoms. The van der Waals surface area contributed by atoms with E-state index in [1.807, 2.05) is 0 Å². The lowest BCUT2D eigenvalue weighted by atomic mass is 10.0. The van der Waals surface area contributed by atoms with Gasteiger partial charge < -0.3 is 5.11 Å². The largest absolute Gasteiger partial charge is 0.478 e. The Labute approximate surface area is 141 Å². The fraction of sp³-hybridized carbons (Fsp3) is 0. The van der Waals surface area contributed by atoms with Gasteiger partial charge in [0.05, 0.1) is 10.0 Å². The molecule has 0 unspecified atom stereocenters. The van der Waals surface area contributed by atoms with E-state index in [1.54, 1.807) is 30.3 Å². The predicted octanol–water partition coefficient (Wildman–Crippen LogP) is 6.07. The fourth-order valence-corrected chi connectivity index (χ4v) is 2.67. The summed E-state index contributed by atoms with van der Waals surface area (Å²) in [5.41, 5.74) is 2.02. The second-order valence-corrected chi connectivity index (χ2v) is 5.85. The van der Waals surface area contributed by atoms with E-state index >= 15 is 0 Å². The van der Waals surface area contributed by atoms with Crippen molar-refractivity contribution < 1.29 is 9.90 Å². The molecule has 0 aromatic heterocycles. The van der Waals surface area contributed by atoms with Crippen molar-refractivity contribution in [1.29, 1.82) is 0 Å². The number of carboxylic acid groups (broad SMARTS) is 1. The van der Waals surface area contributed by atoms with Gasteiger partial charge in [-0.05, 0) is 47.5 Å². The number of rotatable bonds is 3. The van der Waals surface area contributed by atoms with E-state index < -0.39 is 5.97 Å². The molecule has 2 aromatic rings. The van der Waals surface area contributed by atoms with Crippen LogP contribution >= 0.6 is 46.4 Å². The monoisotopic (exact) mass is 360 g/mol. The van der Waals surface area contributed by atoms with Gasteiger partial charge in [0.25, 0.3) is 0 Å². The molecule has 0 amide bonds. The molecule has 2 rings (SSSR count). The van der Waals surface area contributed by atoms with E-state index in [-0.39, 0.29) is 0 Å². The van der Waals surface area contributed by atoms with Crippen LogP contribution in [-0.2, 0) is 4.79 Å². The van der Waals surface area contributed by atoms with Gasteiger partial charge >= 0.3 is 5.97 Å². The van der Waals surface area contributed by atoms with E-state index in [1.165, 1.54) is 6.08 Å². The van der Waals surface area contributed by atoms with Crippen molar-refractivity contribution in [3.05, 3.63) is 62.1 Å². The van der Waals surface area contributed by atoms with Crippen LogP contribution in [-0.4, -0.2) is 11.1 Å². The summed E-state index contributed by atoms with van der Waals surface area (Å²) in [6.45, 7) is 0. The predicted molar refractivity (Wildman–Crippen MR) is 88.6 cm³/mol. The topological polar surface area (TPSA) is 37.3 Å². The van der Waals surface area contributed by atoms with Crippen LogP contribution in [0, 0.1) is 0 Å². The molecule has 0 spiro atoms. The minimum atomic E-state index is -1.04. The Bertz CT molecular complexity index is 739. The molecule has 21 heavy (non-hydrogen) atoms. The van der Waals surface area contributed by atoms with Crippen LogP contribution in [0.3, 0.4) is 0 Å². The maximum Gasteiger partial charge on any atom is 0.328 e. The Balaban J connectivity index is 2.54. The molecule has 0 aliphatic rings. The number of hydrogen-bond acceptors (Lipinski definition) is 1. The first kappa shape index (κ1) is 16.2. The Hall–Kier alpha value is -1.19. The van der Waals surface area contributed by atoms with Gasteiger partial charge in [-0.15, -0.1) is 0 Å². The lowest BCUT2D eigenvalue weighted by molar-refractivity contribution is -0.131. The molecule has 0 fully saturated rings. The highest BCUT2D eigenvalue weighted by atomic mass is 35.5. The van der Waals surface area contributed by atoms with Crippen molar-refractivity contribution in [3.63, 3.8) is 0 Å². The number of carbonyl (C=O) groups is 1. The number of carboxylic acids is 1. The van der Waals surface area contributed by atoms with Crippen LogP contribution in [0.2, 0.25) is 20.1 Å². The summed E-state index contributed by atoms with van der Waals surface area (Å²) in [4.78, 5) is 10.6. The van der Waals surface area contributed by atoms with Gasteiger partial charge in [0.1, 0.15) is 0 Å². The molecule has 0 heterocycles. The van der Waals surface area contributed by atoms with Crippen molar-refractivity contribution in [2.45, 2.75) is 0 Å². The third-order valence-electron chi connectivity index (χ3n) is 2.66. The summed E-state index contributed by atoms with van der Waals surface area (Å²) in [7, 11) is 0. The van der Waals surface area contributed by atoms with E-state index in [4.69, 9.17) is 51.5 Å². The number of benzene rings is 2.